The van der Waals surface area contributed by atoms with Gasteiger partial charge in [-0.2, -0.15) is 5.26 Å². The second-order valence-electron chi connectivity index (χ2n) is 8.84. The summed E-state index contributed by atoms with van der Waals surface area (Å²) in [7, 11) is 1.86. The van der Waals surface area contributed by atoms with E-state index in [4.69, 9.17) is 5.26 Å². The number of fused-ring (bicyclic) bond motifs is 1. The summed E-state index contributed by atoms with van der Waals surface area (Å²) in [5, 5.41) is 11.2. The van der Waals surface area contributed by atoms with Crippen molar-refractivity contribution in [2.75, 3.05) is 11.9 Å². The Bertz CT molecular complexity index is 1190. The molecule has 33 heavy (non-hydrogen) atoms. The number of hydrogen-bond donors (Lipinski definition) is 0. The second kappa shape index (κ2) is 9.87. The predicted molar refractivity (Wildman–Crippen MR) is 131 cm³/mol. The highest BCUT2D eigenvalue weighted by Crippen LogP contribution is 2.28. The Morgan fingerprint density at radius 3 is 2.30 bits per heavy atom. The van der Waals surface area contributed by atoms with Crippen LogP contribution in [-0.4, -0.2) is 35.8 Å². The molecule has 0 unspecified atom stereocenters. The first-order chi connectivity index (χ1) is 16.0. The van der Waals surface area contributed by atoms with Crippen LogP contribution < -0.4 is 4.90 Å². The molecule has 3 aromatic rings. The minimum Gasteiger partial charge on any atom is -0.341 e. The average Bonchev–Trinajstić information content (AvgIpc) is 3.38. The van der Waals surface area contributed by atoms with E-state index in [2.05, 4.69) is 6.07 Å². The molecule has 0 bridgehead atoms. The average molecular weight is 440 g/mol. The zero-order chi connectivity index (χ0) is 23.4. The van der Waals surface area contributed by atoms with Crippen LogP contribution in [0.15, 0.2) is 66.7 Å². The Balaban J connectivity index is 1.74. The molecule has 0 saturated heterocycles. The lowest BCUT2D eigenvalue weighted by Crippen LogP contribution is -2.52. The van der Waals surface area contributed by atoms with Crippen molar-refractivity contribution in [1.29, 1.82) is 5.26 Å². The van der Waals surface area contributed by atoms with Crippen molar-refractivity contribution in [1.82, 2.24) is 4.90 Å². The molecular weight excluding hydrogens is 410 g/mol. The number of nitriles is 1. The molecule has 5 heteroatoms. The molecule has 1 saturated carbocycles. The quantitative estimate of drug-likeness (QED) is 0.538. The summed E-state index contributed by atoms with van der Waals surface area (Å²) in [6.07, 6.45) is 4.64. The van der Waals surface area contributed by atoms with Crippen molar-refractivity contribution >= 4 is 28.3 Å². The van der Waals surface area contributed by atoms with E-state index in [-0.39, 0.29) is 17.9 Å². The monoisotopic (exact) mass is 439 g/mol. The number of likely N-dealkylation sites (N-methyl/N-ethyl adjacent to an activating group) is 1. The molecule has 0 heterocycles. The standard InChI is InChI=1S/C28H29N3O2/c1-20(32)31(26-16-15-23-7-3-4-8-24(23)18-26)27(17-21-11-13-22(19-29)14-12-21)28(33)30(2)25-9-5-6-10-25/h3-4,7-8,11-16,18,25,27H,5-6,9-10,17H2,1-2H3/t27-/m0/s1. The van der Waals surface area contributed by atoms with Crippen LogP contribution in [0.1, 0.15) is 43.7 Å². The van der Waals surface area contributed by atoms with Gasteiger partial charge in [-0.25, -0.2) is 0 Å². The Labute approximate surface area is 195 Å². The van der Waals surface area contributed by atoms with E-state index in [1.54, 1.807) is 17.0 Å². The number of rotatable bonds is 6. The maximum Gasteiger partial charge on any atom is 0.246 e. The van der Waals surface area contributed by atoms with E-state index < -0.39 is 6.04 Å². The lowest BCUT2D eigenvalue weighted by molar-refractivity contribution is -0.135. The van der Waals surface area contributed by atoms with Gasteiger partial charge in [0.1, 0.15) is 6.04 Å². The molecule has 0 aliphatic heterocycles. The smallest absolute Gasteiger partial charge is 0.246 e. The van der Waals surface area contributed by atoms with Crippen molar-refractivity contribution in [3.63, 3.8) is 0 Å². The SMILES string of the molecule is CC(=O)N(c1ccc2ccccc2c1)[C@@H](Cc1ccc(C#N)cc1)C(=O)N(C)C1CCCC1. The van der Waals surface area contributed by atoms with Gasteiger partial charge in [-0.15, -0.1) is 0 Å². The van der Waals surface area contributed by atoms with Gasteiger partial charge in [-0.05, 0) is 53.4 Å². The molecule has 0 N–H and O–H groups in total. The highest BCUT2D eigenvalue weighted by atomic mass is 16.2. The van der Waals surface area contributed by atoms with Gasteiger partial charge < -0.3 is 4.90 Å². The number of hydrogen-bond acceptors (Lipinski definition) is 3. The first-order valence-electron chi connectivity index (χ1n) is 11.5. The fourth-order valence-corrected chi connectivity index (χ4v) is 4.84. The fourth-order valence-electron chi connectivity index (χ4n) is 4.84. The van der Waals surface area contributed by atoms with Gasteiger partial charge in [-0.1, -0.05) is 55.3 Å². The number of benzene rings is 3. The fraction of sp³-hybridized carbons (Fsp3) is 0.321. The van der Waals surface area contributed by atoms with Crippen LogP contribution >= 0.6 is 0 Å². The minimum atomic E-state index is -0.665. The molecule has 1 fully saturated rings. The van der Waals surface area contributed by atoms with Crippen molar-refractivity contribution in [3.05, 3.63) is 77.9 Å². The Kier molecular flexibility index (Phi) is 6.74. The largest absolute Gasteiger partial charge is 0.341 e. The molecule has 3 aromatic carbocycles. The third-order valence-corrected chi connectivity index (χ3v) is 6.68. The van der Waals surface area contributed by atoms with Gasteiger partial charge in [0.25, 0.3) is 0 Å². The second-order valence-corrected chi connectivity index (χ2v) is 8.84. The predicted octanol–water partition coefficient (Wildman–Crippen LogP) is 5.08. The van der Waals surface area contributed by atoms with E-state index in [0.29, 0.717) is 17.7 Å². The zero-order valence-electron chi connectivity index (χ0n) is 19.2. The third kappa shape index (κ3) is 4.90. The Morgan fingerprint density at radius 1 is 1.00 bits per heavy atom. The summed E-state index contributed by atoms with van der Waals surface area (Å²) in [5.74, 6) is -0.216. The summed E-state index contributed by atoms with van der Waals surface area (Å²) in [4.78, 5) is 30.3. The van der Waals surface area contributed by atoms with Crippen LogP contribution in [-0.2, 0) is 16.0 Å². The van der Waals surface area contributed by atoms with Crippen LogP contribution in [0.25, 0.3) is 10.8 Å². The molecule has 1 aliphatic rings. The molecule has 0 radical (unpaired) electrons. The van der Waals surface area contributed by atoms with Crippen molar-refractivity contribution in [2.24, 2.45) is 0 Å². The minimum absolute atomic E-state index is 0.0466. The highest BCUT2D eigenvalue weighted by molar-refractivity contribution is 6.01. The normalized spacial score (nSPS) is 14.6. The van der Waals surface area contributed by atoms with Gasteiger partial charge in [-0.3, -0.25) is 14.5 Å². The van der Waals surface area contributed by atoms with Gasteiger partial charge in [0.15, 0.2) is 0 Å². The van der Waals surface area contributed by atoms with Crippen LogP contribution in [0.4, 0.5) is 5.69 Å². The van der Waals surface area contributed by atoms with Gasteiger partial charge in [0, 0.05) is 32.1 Å². The molecule has 2 amide bonds. The maximum atomic E-state index is 13.8. The summed E-state index contributed by atoms with van der Waals surface area (Å²) >= 11 is 0. The van der Waals surface area contributed by atoms with Crippen LogP contribution in [0, 0.1) is 11.3 Å². The van der Waals surface area contributed by atoms with Crippen LogP contribution in [0.2, 0.25) is 0 Å². The zero-order valence-corrected chi connectivity index (χ0v) is 19.2. The first-order valence-corrected chi connectivity index (χ1v) is 11.5. The van der Waals surface area contributed by atoms with Crippen molar-refractivity contribution in [2.45, 2.75) is 51.1 Å². The first kappa shape index (κ1) is 22.5. The Morgan fingerprint density at radius 2 is 1.67 bits per heavy atom. The lowest BCUT2D eigenvalue weighted by Gasteiger charge is -2.35. The summed E-state index contributed by atoms with van der Waals surface area (Å²) in [5.41, 5.74) is 2.20. The van der Waals surface area contributed by atoms with Gasteiger partial charge in [0.05, 0.1) is 11.6 Å². The number of carbonyl (C=O) groups is 2. The maximum absolute atomic E-state index is 13.8. The highest BCUT2D eigenvalue weighted by Gasteiger charge is 2.35. The molecule has 168 valence electrons. The topological polar surface area (TPSA) is 64.4 Å². The number of carbonyl (C=O) groups excluding carboxylic acids is 2. The summed E-state index contributed by atoms with van der Waals surface area (Å²) in [6, 6.07) is 22.8. The van der Waals surface area contributed by atoms with Crippen molar-refractivity contribution in [3.8, 4) is 6.07 Å². The van der Waals surface area contributed by atoms with E-state index in [1.807, 2.05) is 66.5 Å². The summed E-state index contributed by atoms with van der Waals surface area (Å²) < 4.78 is 0. The molecule has 4 rings (SSSR count). The number of nitrogens with zero attached hydrogens (tertiary/aromatic N) is 3. The van der Waals surface area contributed by atoms with Gasteiger partial charge in [0.2, 0.25) is 11.8 Å². The lowest BCUT2D eigenvalue weighted by atomic mass is 10.00. The van der Waals surface area contributed by atoms with Crippen molar-refractivity contribution < 1.29 is 9.59 Å². The third-order valence-electron chi connectivity index (χ3n) is 6.68. The molecule has 1 aliphatic carbocycles. The van der Waals surface area contributed by atoms with E-state index in [1.165, 1.54) is 6.92 Å². The molecule has 0 spiro atoms. The van der Waals surface area contributed by atoms with E-state index in [9.17, 15) is 9.59 Å². The van der Waals surface area contributed by atoms with Crippen LogP contribution in [0.5, 0.6) is 0 Å². The number of anilines is 1. The molecule has 5 nitrogen and oxygen atoms in total. The molecule has 1 atom stereocenters. The Hall–Kier alpha value is -3.65. The van der Waals surface area contributed by atoms with E-state index in [0.717, 1.165) is 42.0 Å². The van der Waals surface area contributed by atoms with Crippen LogP contribution in [0.3, 0.4) is 0 Å². The molecule has 0 aromatic heterocycles. The van der Waals surface area contributed by atoms with E-state index >= 15 is 0 Å². The molecular formula is C28H29N3O2. The summed E-state index contributed by atoms with van der Waals surface area (Å²) in [6.45, 7) is 1.52. The number of amides is 2. The van der Waals surface area contributed by atoms with Gasteiger partial charge >= 0.3 is 0 Å².